The molecule has 0 saturated carbocycles. The number of carbonyl (C=O) groups excluding carboxylic acids is 1. The predicted molar refractivity (Wildman–Crippen MR) is 172 cm³/mol. The van der Waals surface area contributed by atoms with Gasteiger partial charge in [0.1, 0.15) is 23.9 Å². The van der Waals surface area contributed by atoms with Gasteiger partial charge in [0.05, 0.1) is 36.9 Å². The lowest BCUT2D eigenvalue weighted by Crippen LogP contribution is -2.15. The second-order valence-corrected chi connectivity index (χ2v) is 13.0. The molecule has 252 valence electrons. The van der Waals surface area contributed by atoms with E-state index in [4.69, 9.17) is 55.1 Å². The number of carbonyl (C=O) groups is 1. The molecule has 47 heavy (non-hydrogen) atoms. The molecule has 0 aliphatic rings. The van der Waals surface area contributed by atoms with Crippen LogP contribution in [0.4, 0.5) is 17.6 Å². The number of alkyl halides is 3. The maximum Gasteiger partial charge on any atom is 0.442 e. The van der Waals surface area contributed by atoms with Crippen LogP contribution in [0.5, 0.6) is 5.75 Å². The van der Waals surface area contributed by atoms with Gasteiger partial charge in [-0.2, -0.15) is 23.0 Å². The van der Waals surface area contributed by atoms with Crippen LogP contribution in [0.15, 0.2) is 37.9 Å². The van der Waals surface area contributed by atoms with Crippen molar-refractivity contribution in [3.63, 3.8) is 0 Å². The van der Waals surface area contributed by atoms with Crippen LogP contribution >= 0.6 is 50.7 Å². The van der Waals surface area contributed by atoms with Gasteiger partial charge in [0.15, 0.2) is 5.69 Å². The fourth-order valence-corrected chi connectivity index (χ4v) is 5.31. The number of nitrogens with zero attached hydrogens (tertiary/aromatic N) is 4. The SMILES string of the molecule is C#CCOc1cc(-n2nc(C(C)(C)C)oc2=O)c(Cl)cc1Cl.CC(C)OC(=O)c1cc(-c2nn(C)c(C(F)(F)F)c2Br)c(F)cc1Cl. The van der Waals surface area contributed by atoms with E-state index in [2.05, 4.69) is 32.0 Å². The number of rotatable bonds is 6. The fourth-order valence-electron chi connectivity index (χ4n) is 3.79. The molecular formula is C30H26BrCl3F4N4O5. The highest BCUT2D eigenvalue weighted by Crippen LogP contribution is 2.41. The van der Waals surface area contributed by atoms with Gasteiger partial charge >= 0.3 is 17.9 Å². The van der Waals surface area contributed by atoms with Crippen molar-refractivity contribution in [2.75, 3.05) is 6.61 Å². The van der Waals surface area contributed by atoms with Gasteiger partial charge in [0.2, 0.25) is 5.89 Å². The quantitative estimate of drug-likeness (QED) is 0.110. The van der Waals surface area contributed by atoms with Crippen LogP contribution in [-0.4, -0.2) is 38.2 Å². The average molecular weight is 785 g/mol. The third-order valence-electron chi connectivity index (χ3n) is 5.86. The molecule has 0 amide bonds. The predicted octanol–water partition coefficient (Wildman–Crippen LogP) is 8.67. The van der Waals surface area contributed by atoms with Crippen molar-refractivity contribution in [2.45, 2.75) is 52.3 Å². The van der Waals surface area contributed by atoms with Crippen LogP contribution in [0, 0.1) is 18.2 Å². The van der Waals surface area contributed by atoms with Gasteiger partial charge in [-0.25, -0.2) is 14.0 Å². The third kappa shape index (κ3) is 8.90. The van der Waals surface area contributed by atoms with Gasteiger partial charge in [0.25, 0.3) is 0 Å². The first kappa shape index (κ1) is 37.9. The lowest BCUT2D eigenvalue weighted by Gasteiger charge is -2.11. The normalized spacial score (nSPS) is 11.6. The van der Waals surface area contributed by atoms with Crippen LogP contribution in [-0.2, 0) is 23.4 Å². The second-order valence-electron chi connectivity index (χ2n) is 11.0. The Labute approximate surface area is 289 Å². The number of hydrogen-bond acceptors (Lipinski definition) is 7. The van der Waals surface area contributed by atoms with Gasteiger partial charge in [-0.1, -0.05) is 61.5 Å². The highest BCUT2D eigenvalue weighted by molar-refractivity contribution is 9.10. The molecule has 0 aliphatic carbocycles. The monoisotopic (exact) mass is 782 g/mol. The molecule has 4 rings (SSSR count). The van der Waals surface area contributed by atoms with E-state index in [1.165, 1.54) is 12.1 Å². The molecule has 0 spiro atoms. The largest absolute Gasteiger partial charge is 0.479 e. The smallest absolute Gasteiger partial charge is 0.442 e. The summed E-state index contributed by atoms with van der Waals surface area (Å²) in [6.07, 6.45) is 0.0122. The Morgan fingerprint density at radius 3 is 2.23 bits per heavy atom. The summed E-state index contributed by atoms with van der Waals surface area (Å²) in [5.74, 6) is 0.573. The fraction of sp³-hybridized carbons (Fsp3) is 0.333. The molecule has 0 bridgehead atoms. The number of halogens is 8. The Kier molecular flexibility index (Phi) is 11.9. The summed E-state index contributed by atoms with van der Waals surface area (Å²) in [7, 11) is 1.08. The topological polar surface area (TPSA) is 101 Å². The van der Waals surface area contributed by atoms with Crippen LogP contribution in [0.25, 0.3) is 16.9 Å². The Hall–Kier alpha value is -3.51. The first-order valence-corrected chi connectivity index (χ1v) is 15.3. The molecule has 2 heterocycles. The zero-order chi connectivity index (χ0) is 35.6. The van der Waals surface area contributed by atoms with E-state index in [0.717, 1.165) is 23.9 Å². The lowest BCUT2D eigenvalue weighted by molar-refractivity contribution is -0.144. The molecule has 0 saturated heterocycles. The summed E-state index contributed by atoms with van der Waals surface area (Å²) in [6, 6.07) is 4.82. The van der Waals surface area contributed by atoms with Gasteiger partial charge < -0.3 is 13.9 Å². The molecule has 0 N–H and O–H groups in total. The van der Waals surface area contributed by atoms with Crippen molar-refractivity contribution < 1.29 is 36.2 Å². The Bertz CT molecular complexity index is 1910. The third-order valence-corrected chi connectivity index (χ3v) is 7.52. The van der Waals surface area contributed by atoms with Crippen molar-refractivity contribution >= 4 is 56.7 Å². The number of aryl methyl sites for hydroxylation is 1. The van der Waals surface area contributed by atoms with Gasteiger partial charge in [-0.05, 0) is 48.0 Å². The molecule has 9 nitrogen and oxygen atoms in total. The average Bonchev–Trinajstić information content (AvgIpc) is 3.46. The number of esters is 1. The summed E-state index contributed by atoms with van der Waals surface area (Å²) in [5.41, 5.74) is -1.96. The minimum absolute atomic E-state index is 0.0434. The van der Waals surface area contributed by atoms with Gasteiger partial charge in [0, 0.05) is 24.1 Å². The molecule has 0 aliphatic heterocycles. The van der Waals surface area contributed by atoms with E-state index in [1.807, 2.05) is 20.8 Å². The van der Waals surface area contributed by atoms with Crippen LogP contribution in [0.2, 0.25) is 15.1 Å². The van der Waals surface area contributed by atoms with E-state index in [0.29, 0.717) is 22.0 Å². The highest BCUT2D eigenvalue weighted by Gasteiger charge is 2.39. The standard InChI is InChI=1S/C15H12BrClF4N2O2.C15H14Cl2N2O3/c1-6(2)25-14(24)7-4-8(10(18)5-9(7)17)12-11(16)13(15(19,20)21)23(3)22-12;1-5-6-21-12-8-11(9(16)7-10(12)17)19-14(20)22-13(18-19)15(2,3)4/h4-6H,1-3H3;1,7-8H,6H2,2-4H3. The summed E-state index contributed by atoms with van der Waals surface area (Å²) >= 11 is 20.8. The number of terminal acetylenes is 1. The van der Waals surface area contributed by atoms with E-state index in [9.17, 15) is 27.2 Å². The molecule has 0 radical (unpaired) electrons. The molecule has 2 aromatic heterocycles. The van der Waals surface area contributed by atoms with Gasteiger partial charge in [-0.15, -0.1) is 11.5 Å². The van der Waals surface area contributed by atoms with Crippen molar-refractivity contribution in [3.8, 4) is 35.0 Å². The molecule has 2 aromatic carbocycles. The minimum Gasteiger partial charge on any atom is -0.479 e. The Morgan fingerprint density at radius 2 is 1.72 bits per heavy atom. The maximum absolute atomic E-state index is 14.3. The first-order chi connectivity index (χ1) is 21.7. The van der Waals surface area contributed by atoms with Crippen molar-refractivity contribution in [1.29, 1.82) is 0 Å². The lowest BCUT2D eigenvalue weighted by atomic mass is 9.97. The number of hydrogen-bond donors (Lipinski definition) is 0. The van der Waals surface area contributed by atoms with Crippen LogP contribution in [0.3, 0.4) is 0 Å². The Morgan fingerprint density at radius 1 is 1.09 bits per heavy atom. The summed E-state index contributed by atoms with van der Waals surface area (Å²) in [5, 5.41) is 8.21. The number of ether oxygens (including phenoxy) is 2. The first-order valence-electron chi connectivity index (χ1n) is 13.3. The second kappa shape index (κ2) is 14.7. The van der Waals surface area contributed by atoms with Crippen molar-refractivity contribution in [1.82, 2.24) is 19.6 Å². The summed E-state index contributed by atoms with van der Waals surface area (Å²) in [4.78, 5) is 24.1. The Balaban J connectivity index is 0.000000257. The van der Waals surface area contributed by atoms with Crippen LogP contribution < -0.4 is 10.5 Å². The van der Waals surface area contributed by atoms with Crippen LogP contribution in [0.1, 0.15) is 56.6 Å². The summed E-state index contributed by atoms with van der Waals surface area (Å²) in [6.45, 7) is 8.92. The molecule has 4 aromatic rings. The molecule has 0 unspecified atom stereocenters. The molecule has 17 heteroatoms. The molecular weight excluding hydrogens is 759 g/mol. The zero-order valence-corrected chi connectivity index (χ0v) is 29.4. The van der Waals surface area contributed by atoms with E-state index < -0.39 is 45.4 Å². The van der Waals surface area contributed by atoms with E-state index in [1.54, 1.807) is 13.8 Å². The minimum atomic E-state index is -4.69. The molecule has 0 atom stereocenters. The zero-order valence-electron chi connectivity index (χ0n) is 25.5. The summed E-state index contributed by atoms with van der Waals surface area (Å²) < 4.78 is 70.2. The van der Waals surface area contributed by atoms with Crippen molar-refractivity contribution in [2.24, 2.45) is 7.05 Å². The number of benzene rings is 2. The maximum atomic E-state index is 14.3. The van der Waals surface area contributed by atoms with E-state index >= 15 is 0 Å². The number of aromatic nitrogens is 4. The van der Waals surface area contributed by atoms with E-state index in [-0.39, 0.29) is 38.5 Å². The van der Waals surface area contributed by atoms with Gasteiger partial charge in [-0.3, -0.25) is 4.68 Å². The highest BCUT2D eigenvalue weighted by atomic mass is 79.9. The van der Waals surface area contributed by atoms with Crippen molar-refractivity contribution in [3.05, 3.63) is 77.3 Å². The molecule has 0 fully saturated rings.